The Labute approximate surface area is 225 Å². The minimum absolute atomic E-state index is 0.635. The summed E-state index contributed by atoms with van der Waals surface area (Å²) in [4.78, 5) is 0. The standard InChI is InChI=1S/3C8H18O2.B2H4O5/c3*1-7(2,9)5-6-8(3,4)10;3-1(4)7-2(5)6/h3*9-10H,5-6H2,1-4H3;3-6H. The van der Waals surface area contributed by atoms with Gasteiger partial charge in [0, 0.05) is 0 Å². The van der Waals surface area contributed by atoms with Crippen molar-refractivity contribution in [2.45, 2.75) is 155 Å². The van der Waals surface area contributed by atoms with Gasteiger partial charge in [-0.15, -0.1) is 0 Å². The van der Waals surface area contributed by atoms with Crippen molar-refractivity contribution < 1.29 is 55.3 Å². The van der Waals surface area contributed by atoms with Crippen LogP contribution >= 0.6 is 0 Å². The fourth-order valence-electron chi connectivity index (χ4n) is 1.94. The van der Waals surface area contributed by atoms with E-state index in [1.54, 1.807) is 83.1 Å². The van der Waals surface area contributed by atoms with E-state index in [1.807, 2.05) is 0 Å². The van der Waals surface area contributed by atoms with Gasteiger partial charge >= 0.3 is 14.6 Å². The SMILES string of the molecule is CC(C)(O)CCC(C)(C)O.CC(C)(O)CCC(C)(C)O.CC(C)(O)CCC(C)(C)O.OB(O)OB(O)O. The zero-order valence-electron chi connectivity index (χ0n) is 25.3. The minimum Gasteiger partial charge on any atom is -0.402 e. The Morgan fingerprint density at radius 3 is 0.486 bits per heavy atom. The molecule has 0 aliphatic carbocycles. The van der Waals surface area contributed by atoms with E-state index in [0.717, 1.165) is 0 Å². The summed E-state index contributed by atoms with van der Waals surface area (Å²) in [5.74, 6) is 0. The molecule has 0 aromatic heterocycles. The molecule has 226 valence electrons. The third kappa shape index (κ3) is 66.5. The van der Waals surface area contributed by atoms with Gasteiger partial charge in [0.2, 0.25) is 0 Å². The summed E-state index contributed by atoms with van der Waals surface area (Å²) in [6.45, 7) is 21.0. The molecule has 13 heteroatoms. The molecule has 0 fully saturated rings. The lowest BCUT2D eigenvalue weighted by Gasteiger charge is -2.23. The molecule has 0 atom stereocenters. The van der Waals surface area contributed by atoms with E-state index in [2.05, 4.69) is 4.57 Å². The van der Waals surface area contributed by atoms with Crippen LogP contribution in [0.5, 0.6) is 0 Å². The predicted molar refractivity (Wildman–Crippen MR) is 147 cm³/mol. The second-order valence-electron chi connectivity index (χ2n) is 13.2. The molecule has 0 aromatic carbocycles. The highest BCUT2D eigenvalue weighted by Gasteiger charge is 2.21. The highest BCUT2D eigenvalue weighted by atomic mass is 16.7. The Morgan fingerprint density at radius 1 is 0.351 bits per heavy atom. The Bertz CT molecular complexity index is 417. The second-order valence-corrected chi connectivity index (χ2v) is 13.2. The van der Waals surface area contributed by atoms with Gasteiger partial charge in [0.05, 0.1) is 33.6 Å². The quantitative estimate of drug-likeness (QED) is 0.165. The average molecular weight is 544 g/mol. The fourth-order valence-corrected chi connectivity index (χ4v) is 1.94. The smallest absolute Gasteiger partial charge is 0.402 e. The molecule has 10 N–H and O–H groups in total. The lowest BCUT2D eigenvalue weighted by atomic mass is 9.94. The van der Waals surface area contributed by atoms with Crippen LogP contribution in [0.4, 0.5) is 0 Å². The van der Waals surface area contributed by atoms with Crippen molar-refractivity contribution >= 4 is 14.6 Å². The number of hydrogen-bond acceptors (Lipinski definition) is 11. The Hall–Kier alpha value is -0.310. The zero-order chi connectivity index (χ0) is 31.1. The third-order valence-corrected chi connectivity index (χ3v) is 4.29. The summed E-state index contributed by atoms with van der Waals surface area (Å²) in [7, 11) is -4.25. The molecule has 11 nitrogen and oxygen atoms in total. The van der Waals surface area contributed by atoms with Crippen LogP contribution < -0.4 is 0 Å². The number of hydrogen-bond donors (Lipinski definition) is 10. The lowest BCUT2D eigenvalue weighted by Crippen LogP contribution is -2.28. The molecule has 0 radical (unpaired) electrons. The van der Waals surface area contributed by atoms with Crippen molar-refractivity contribution in [2.75, 3.05) is 0 Å². The summed E-state index contributed by atoms with van der Waals surface area (Å²) >= 11 is 0. The Morgan fingerprint density at radius 2 is 0.459 bits per heavy atom. The molecular formula is C24H58B2O11. The number of rotatable bonds is 11. The van der Waals surface area contributed by atoms with Crippen molar-refractivity contribution in [2.24, 2.45) is 0 Å². The maximum absolute atomic E-state index is 9.27. The van der Waals surface area contributed by atoms with Gasteiger partial charge in [-0.1, -0.05) is 0 Å². The van der Waals surface area contributed by atoms with Crippen LogP contribution in [0.15, 0.2) is 0 Å². The Kier molecular flexibility index (Phi) is 21.4. The molecule has 0 saturated carbocycles. The fraction of sp³-hybridized carbons (Fsp3) is 1.00. The molecule has 0 aliphatic heterocycles. The molecular weight excluding hydrogens is 486 g/mol. The first kappa shape index (κ1) is 43.7. The lowest BCUT2D eigenvalue weighted by molar-refractivity contribution is 0.0169. The molecule has 37 heavy (non-hydrogen) atoms. The summed E-state index contributed by atoms with van der Waals surface area (Å²) in [6, 6.07) is 0. The molecule has 0 aliphatic rings. The first-order valence-electron chi connectivity index (χ1n) is 12.5. The molecule has 0 rings (SSSR count). The van der Waals surface area contributed by atoms with Crippen molar-refractivity contribution in [3.8, 4) is 0 Å². The molecule has 0 saturated heterocycles. The maximum atomic E-state index is 9.27. The van der Waals surface area contributed by atoms with Crippen LogP contribution in [0.1, 0.15) is 122 Å². The highest BCUT2D eigenvalue weighted by Crippen LogP contribution is 2.19. The van der Waals surface area contributed by atoms with Gasteiger partial charge in [0.25, 0.3) is 0 Å². The van der Waals surface area contributed by atoms with E-state index in [0.29, 0.717) is 38.5 Å². The molecule has 0 bridgehead atoms. The number of aliphatic hydroxyl groups is 6. The summed E-state index contributed by atoms with van der Waals surface area (Å²) < 4.78 is 3.47. The summed E-state index contributed by atoms with van der Waals surface area (Å²) in [6.07, 6.45) is 3.81. The van der Waals surface area contributed by atoms with E-state index in [9.17, 15) is 30.6 Å². The van der Waals surface area contributed by atoms with Gasteiger partial charge < -0.3 is 55.3 Å². The molecule has 0 heterocycles. The van der Waals surface area contributed by atoms with E-state index < -0.39 is 48.2 Å². The molecule has 0 amide bonds. The normalized spacial score (nSPS) is 12.8. The van der Waals surface area contributed by atoms with Gasteiger partial charge in [-0.25, -0.2) is 0 Å². The van der Waals surface area contributed by atoms with Crippen molar-refractivity contribution in [1.82, 2.24) is 0 Å². The van der Waals surface area contributed by atoms with Crippen LogP contribution in [0.25, 0.3) is 0 Å². The van der Waals surface area contributed by atoms with E-state index >= 15 is 0 Å². The maximum Gasteiger partial charge on any atom is 0.621 e. The van der Waals surface area contributed by atoms with E-state index in [4.69, 9.17) is 20.1 Å². The largest absolute Gasteiger partial charge is 0.621 e. The first-order chi connectivity index (χ1) is 15.7. The van der Waals surface area contributed by atoms with Gasteiger partial charge in [0.1, 0.15) is 0 Å². The third-order valence-electron chi connectivity index (χ3n) is 4.29. The molecule has 0 spiro atoms. The topological polar surface area (TPSA) is 212 Å². The van der Waals surface area contributed by atoms with E-state index in [-0.39, 0.29) is 0 Å². The zero-order valence-corrected chi connectivity index (χ0v) is 25.3. The van der Waals surface area contributed by atoms with Crippen LogP contribution in [0.3, 0.4) is 0 Å². The highest BCUT2D eigenvalue weighted by molar-refractivity contribution is 6.48. The van der Waals surface area contributed by atoms with Gasteiger partial charge in [-0.3, -0.25) is 0 Å². The van der Waals surface area contributed by atoms with Crippen molar-refractivity contribution in [3.63, 3.8) is 0 Å². The Balaban J connectivity index is -0.000000198. The summed E-state index contributed by atoms with van der Waals surface area (Å²) in [5.41, 5.74) is -3.92. The monoisotopic (exact) mass is 544 g/mol. The van der Waals surface area contributed by atoms with Crippen LogP contribution in [-0.2, 0) is 4.57 Å². The molecule has 0 unspecified atom stereocenters. The molecule has 0 aromatic rings. The van der Waals surface area contributed by atoms with E-state index in [1.165, 1.54) is 0 Å². The van der Waals surface area contributed by atoms with Crippen LogP contribution in [-0.4, -0.2) is 99.0 Å². The van der Waals surface area contributed by atoms with Crippen LogP contribution in [0.2, 0.25) is 0 Å². The van der Waals surface area contributed by atoms with Gasteiger partial charge in [-0.05, 0) is 122 Å². The van der Waals surface area contributed by atoms with Crippen LogP contribution in [0, 0.1) is 0 Å². The van der Waals surface area contributed by atoms with Gasteiger partial charge in [0.15, 0.2) is 0 Å². The van der Waals surface area contributed by atoms with Gasteiger partial charge in [-0.2, -0.15) is 0 Å². The second kappa shape index (κ2) is 18.1. The average Bonchev–Trinajstić information content (AvgIpc) is 2.54. The minimum atomic E-state index is -2.13. The predicted octanol–water partition coefficient (Wildman–Crippen LogP) is 0.867. The first-order valence-corrected chi connectivity index (χ1v) is 12.5. The summed E-state index contributed by atoms with van der Waals surface area (Å²) in [5, 5.41) is 86.6. The van der Waals surface area contributed by atoms with Crippen molar-refractivity contribution in [3.05, 3.63) is 0 Å². The van der Waals surface area contributed by atoms with Crippen molar-refractivity contribution in [1.29, 1.82) is 0 Å².